The lowest BCUT2D eigenvalue weighted by Crippen LogP contribution is -2.29. The zero-order valence-electron chi connectivity index (χ0n) is 7.72. The summed E-state index contributed by atoms with van der Waals surface area (Å²) in [5.41, 5.74) is 0. The molecule has 3 N–H and O–H groups in total. The SMILES string of the molecule is NS(=O)(=O)CCCN1CC(O)CC1=O. The van der Waals surface area contributed by atoms with Crippen molar-refractivity contribution in [2.24, 2.45) is 5.14 Å². The number of amides is 1. The van der Waals surface area contributed by atoms with Crippen LogP contribution in [0.3, 0.4) is 0 Å². The number of sulfonamides is 1. The number of aliphatic hydroxyl groups excluding tert-OH is 1. The van der Waals surface area contributed by atoms with E-state index in [0.29, 0.717) is 19.5 Å². The molecule has 0 saturated carbocycles. The number of carbonyl (C=O) groups excluding carboxylic acids is 1. The van der Waals surface area contributed by atoms with Crippen molar-refractivity contribution in [3.05, 3.63) is 0 Å². The van der Waals surface area contributed by atoms with Crippen molar-refractivity contribution in [2.45, 2.75) is 18.9 Å². The van der Waals surface area contributed by atoms with Gasteiger partial charge in [0.1, 0.15) is 0 Å². The lowest BCUT2D eigenvalue weighted by Gasteiger charge is -2.14. The number of carbonyl (C=O) groups is 1. The number of β-amino-alcohol motifs (C(OH)–C–C–N with tert-alkyl or cyclic N) is 1. The summed E-state index contributed by atoms with van der Waals surface area (Å²) in [6.07, 6.45) is -0.163. The highest BCUT2D eigenvalue weighted by molar-refractivity contribution is 7.89. The molecule has 1 rings (SSSR count). The Balaban J connectivity index is 2.29. The van der Waals surface area contributed by atoms with Crippen molar-refractivity contribution in [2.75, 3.05) is 18.8 Å². The van der Waals surface area contributed by atoms with Crippen LogP contribution in [0.1, 0.15) is 12.8 Å². The molecular formula is C7H14N2O4S. The zero-order valence-corrected chi connectivity index (χ0v) is 8.53. The first-order valence-corrected chi connectivity index (χ1v) is 6.06. The number of likely N-dealkylation sites (tertiary alicyclic amines) is 1. The van der Waals surface area contributed by atoms with Crippen molar-refractivity contribution in [1.82, 2.24) is 4.90 Å². The third-order valence-electron chi connectivity index (χ3n) is 2.05. The molecule has 0 aromatic rings. The molecule has 1 heterocycles. The standard InChI is InChI=1S/C7H14N2O4S/c8-14(12,13)3-1-2-9-5-6(10)4-7(9)11/h6,10H,1-5H2,(H2,8,12,13). The van der Waals surface area contributed by atoms with E-state index in [4.69, 9.17) is 10.2 Å². The quantitative estimate of drug-likeness (QED) is 0.589. The van der Waals surface area contributed by atoms with Crippen LogP contribution in [-0.2, 0) is 14.8 Å². The molecule has 14 heavy (non-hydrogen) atoms. The van der Waals surface area contributed by atoms with Gasteiger partial charge < -0.3 is 10.0 Å². The highest BCUT2D eigenvalue weighted by Gasteiger charge is 2.27. The van der Waals surface area contributed by atoms with Crippen LogP contribution >= 0.6 is 0 Å². The molecule has 0 spiro atoms. The molecule has 1 atom stereocenters. The van der Waals surface area contributed by atoms with E-state index in [0.717, 1.165) is 0 Å². The van der Waals surface area contributed by atoms with Crippen LogP contribution in [0, 0.1) is 0 Å². The summed E-state index contributed by atoms with van der Waals surface area (Å²) in [6.45, 7) is 0.635. The van der Waals surface area contributed by atoms with Gasteiger partial charge in [-0.1, -0.05) is 0 Å². The molecule has 0 aromatic heterocycles. The van der Waals surface area contributed by atoms with Crippen LogP contribution in [0.5, 0.6) is 0 Å². The molecule has 0 radical (unpaired) electrons. The van der Waals surface area contributed by atoms with Gasteiger partial charge in [-0.15, -0.1) is 0 Å². The Hall–Kier alpha value is -0.660. The van der Waals surface area contributed by atoms with Crippen molar-refractivity contribution < 1.29 is 18.3 Å². The minimum absolute atomic E-state index is 0.132. The molecule has 1 saturated heterocycles. The van der Waals surface area contributed by atoms with Crippen LogP contribution < -0.4 is 5.14 Å². The minimum atomic E-state index is -3.45. The van der Waals surface area contributed by atoms with Crippen LogP contribution in [0.4, 0.5) is 0 Å². The summed E-state index contributed by atoms with van der Waals surface area (Å²) in [7, 11) is -3.45. The smallest absolute Gasteiger partial charge is 0.225 e. The van der Waals surface area contributed by atoms with Crippen LogP contribution in [0.15, 0.2) is 0 Å². The molecule has 82 valence electrons. The van der Waals surface area contributed by atoms with E-state index in [-0.39, 0.29) is 18.1 Å². The number of primary sulfonamides is 1. The first-order valence-electron chi connectivity index (χ1n) is 4.35. The summed E-state index contributed by atoms with van der Waals surface area (Å²) in [4.78, 5) is 12.6. The molecule has 0 aromatic carbocycles. The van der Waals surface area contributed by atoms with E-state index in [1.165, 1.54) is 4.90 Å². The van der Waals surface area contributed by atoms with E-state index < -0.39 is 16.1 Å². The van der Waals surface area contributed by atoms with Gasteiger partial charge in [-0.3, -0.25) is 4.79 Å². The van der Waals surface area contributed by atoms with Crippen molar-refractivity contribution in [3.63, 3.8) is 0 Å². The maximum Gasteiger partial charge on any atom is 0.225 e. The number of nitrogens with two attached hydrogens (primary N) is 1. The normalized spacial score (nSPS) is 23.1. The Morgan fingerprint density at radius 1 is 1.57 bits per heavy atom. The highest BCUT2D eigenvalue weighted by atomic mass is 32.2. The average molecular weight is 222 g/mol. The van der Waals surface area contributed by atoms with E-state index in [2.05, 4.69) is 0 Å². The average Bonchev–Trinajstić information content (AvgIpc) is 2.27. The fraction of sp³-hybridized carbons (Fsp3) is 0.857. The summed E-state index contributed by atoms with van der Waals surface area (Å²) in [5, 5.41) is 13.9. The summed E-state index contributed by atoms with van der Waals surface area (Å²) in [6, 6.07) is 0. The monoisotopic (exact) mass is 222 g/mol. The Kier molecular flexibility index (Phi) is 3.46. The predicted molar refractivity (Wildman–Crippen MR) is 49.8 cm³/mol. The molecule has 1 fully saturated rings. The van der Waals surface area contributed by atoms with Gasteiger partial charge in [-0.2, -0.15) is 0 Å². The molecular weight excluding hydrogens is 208 g/mol. The number of hydrogen-bond acceptors (Lipinski definition) is 4. The first-order chi connectivity index (χ1) is 6.38. The Morgan fingerprint density at radius 2 is 2.21 bits per heavy atom. The van der Waals surface area contributed by atoms with Crippen LogP contribution in [-0.4, -0.2) is 49.3 Å². The van der Waals surface area contributed by atoms with Crippen LogP contribution in [0.2, 0.25) is 0 Å². The zero-order chi connectivity index (χ0) is 10.8. The molecule has 1 aliphatic rings. The lowest BCUT2D eigenvalue weighted by molar-refractivity contribution is -0.127. The fourth-order valence-corrected chi connectivity index (χ4v) is 1.96. The predicted octanol–water partition coefficient (Wildman–Crippen LogP) is -1.74. The molecule has 0 bridgehead atoms. The van der Waals surface area contributed by atoms with E-state index >= 15 is 0 Å². The van der Waals surface area contributed by atoms with E-state index in [1.54, 1.807) is 0 Å². The topological polar surface area (TPSA) is 101 Å². The first kappa shape index (κ1) is 11.4. The molecule has 6 nitrogen and oxygen atoms in total. The van der Waals surface area contributed by atoms with Crippen molar-refractivity contribution in [3.8, 4) is 0 Å². The summed E-state index contributed by atoms with van der Waals surface area (Å²) < 4.78 is 21.2. The Morgan fingerprint density at radius 3 is 2.64 bits per heavy atom. The molecule has 0 aliphatic carbocycles. The molecule has 1 aliphatic heterocycles. The number of rotatable bonds is 4. The maximum absolute atomic E-state index is 11.1. The van der Waals surface area contributed by atoms with Gasteiger partial charge >= 0.3 is 0 Å². The van der Waals surface area contributed by atoms with Crippen molar-refractivity contribution >= 4 is 15.9 Å². The van der Waals surface area contributed by atoms with Gasteiger partial charge in [-0.25, -0.2) is 13.6 Å². The Labute approximate surface area is 82.7 Å². The summed E-state index contributed by atoms with van der Waals surface area (Å²) >= 11 is 0. The second-order valence-corrected chi connectivity index (χ2v) is 5.15. The second-order valence-electron chi connectivity index (χ2n) is 3.42. The number of hydrogen-bond donors (Lipinski definition) is 2. The maximum atomic E-state index is 11.1. The molecule has 1 amide bonds. The minimum Gasteiger partial charge on any atom is -0.391 e. The van der Waals surface area contributed by atoms with Gasteiger partial charge in [0.05, 0.1) is 18.3 Å². The number of aliphatic hydroxyl groups is 1. The van der Waals surface area contributed by atoms with Gasteiger partial charge in [-0.05, 0) is 6.42 Å². The lowest BCUT2D eigenvalue weighted by atomic mass is 10.3. The summed E-state index contributed by atoms with van der Waals surface area (Å²) in [5.74, 6) is -0.265. The van der Waals surface area contributed by atoms with E-state index in [1.807, 2.05) is 0 Å². The third kappa shape index (κ3) is 3.60. The molecule has 7 heteroatoms. The van der Waals surface area contributed by atoms with Crippen LogP contribution in [0.25, 0.3) is 0 Å². The van der Waals surface area contributed by atoms with Gasteiger partial charge in [0.2, 0.25) is 15.9 Å². The Bertz CT molecular complexity index is 314. The van der Waals surface area contributed by atoms with E-state index in [9.17, 15) is 13.2 Å². The van der Waals surface area contributed by atoms with Gasteiger partial charge in [0, 0.05) is 13.1 Å². The fourth-order valence-electron chi connectivity index (χ4n) is 1.42. The second kappa shape index (κ2) is 4.24. The third-order valence-corrected chi connectivity index (χ3v) is 2.91. The molecule has 1 unspecified atom stereocenters. The largest absolute Gasteiger partial charge is 0.391 e. The van der Waals surface area contributed by atoms with Gasteiger partial charge in [0.15, 0.2) is 0 Å². The number of nitrogens with zero attached hydrogens (tertiary/aromatic N) is 1. The van der Waals surface area contributed by atoms with Gasteiger partial charge in [0.25, 0.3) is 0 Å². The van der Waals surface area contributed by atoms with Crippen molar-refractivity contribution in [1.29, 1.82) is 0 Å². The highest BCUT2D eigenvalue weighted by Crippen LogP contribution is 2.10.